The Balaban J connectivity index is 2.26. The van der Waals surface area contributed by atoms with Crippen molar-refractivity contribution in [3.63, 3.8) is 0 Å². The van der Waals surface area contributed by atoms with Crippen LogP contribution in [0.25, 0.3) is 0 Å². The highest BCUT2D eigenvalue weighted by molar-refractivity contribution is 4.78. The summed E-state index contributed by atoms with van der Waals surface area (Å²) >= 11 is 0. The maximum absolute atomic E-state index is 5.74. The van der Waals surface area contributed by atoms with E-state index in [1.807, 2.05) is 0 Å². The first-order valence-electron chi connectivity index (χ1n) is 5.39. The molecule has 3 N–H and O–H groups in total. The molecule has 0 bridgehead atoms. The van der Waals surface area contributed by atoms with Crippen molar-refractivity contribution in [3.05, 3.63) is 0 Å². The molecule has 3 heteroatoms. The molecule has 0 aromatic rings. The van der Waals surface area contributed by atoms with Crippen LogP contribution in [0.3, 0.4) is 0 Å². The van der Waals surface area contributed by atoms with E-state index in [2.05, 4.69) is 12.2 Å². The molecule has 1 heterocycles. The maximum atomic E-state index is 5.74. The second kappa shape index (κ2) is 6.35. The molecule has 1 aliphatic rings. The second-order valence-corrected chi connectivity index (χ2v) is 3.75. The van der Waals surface area contributed by atoms with Crippen molar-refractivity contribution in [3.8, 4) is 0 Å². The van der Waals surface area contributed by atoms with E-state index in [1.54, 1.807) is 0 Å². The topological polar surface area (TPSA) is 47.3 Å². The third-order valence-corrected chi connectivity index (χ3v) is 2.75. The summed E-state index contributed by atoms with van der Waals surface area (Å²) in [4.78, 5) is 0. The van der Waals surface area contributed by atoms with Gasteiger partial charge in [0.15, 0.2) is 0 Å². The van der Waals surface area contributed by atoms with Gasteiger partial charge in [0.25, 0.3) is 0 Å². The van der Waals surface area contributed by atoms with E-state index in [1.165, 1.54) is 19.3 Å². The average molecular weight is 186 g/mol. The summed E-state index contributed by atoms with van der Waals surface area (Å²) in [5, 5.41) is 3.51. The second-order valence-electron chi connectivity index (χ2n) is 3.75. The van der Waals surface area contributed by atoms with Gasteiger partial charge in [0.2, 0.25) is 0 Å². The van der Waals surface area contributed by atoms with Crippen LogP contribution in [0.5, 0.6) is 0 Å². The van der Waals surface area contributed by atoms with Gasteiger partial charge in [0.1, 0.15) is 0 Å². The Morgan fingerprint density at radius 2 is 2.15 bits per heavy atom. The van der Waals surface area contributed by atoms with E-state index in [9.17, 15) is 0 Å². The standard InChI is InChI=1S/C10H22N2O/c1-2-5-12-10(8-11)9-3-6-13-7-4-9/h9-10,12H,2-8,11H2,1H3. The zero-order valence-electron chi connectivity index (χ0n) is 8.59. The van der Waals surface area contributed by atoms with Crippen molar-refractivity contribution in [2.24, 2.45) is 11.7 Å². The predicted octanol–water partition coefficient (Wildman–Crippen LogP) is 0.740. The molecule has 13 heavy (non-hydrogen) atoms. The number of hydrogen-bond acceptors (Lipinski definition) is 3. The molecule has 1 rings (SSSR count). The monoisotopic (exact) mass is 186 g/mol. The molecular weight excluding hydrogens is 164 g/mol. The van der Waals surface area contributed by atoms with Gasteiger partial charge in [-0.25, -0.2) is 0 Å². The van der Waals surface area contributed by atoms with Crippen LogP contribution in [-0.2, 0) is 4.74 Å². The molecule has 1 atom stereocenters. The summed E-state index contributed by atoms with van der Waals surface area (Å²) in [5.74, 6) is 0.727. The largest absolute Gasteiger partial charge is 0.381 e. The zero-order chi connectivity index (χ0) is 9.52. The highest BCUT2D eigenvalue weighted by Crippen LogP contribution is 2.18. The Bertz CT molecular complexity index is 124. The van der Waals surface area contributed by atoms with Crippen LogP contribution in [0.2, 0.25) is 0 Å². The van der Waals surface area contributed by atoms with Gasteiger partial charge in [0.05, 0.1) is 0 Å². The van der Waals surface area contributed by atoms with E-state index in [4.69, 9.17) is 10.5 Å². The van der Waals surface area contributed by atoms with Gasteiger partial charge in [-0.3, -0.25) is 0 Å². The molecule has 1 fully saturated rings. The third-order valence-electron chi connectivity index (χ3n) is 2.75. The SMILES string of the molecule is CCCNC(CN)C1CCOCC1. The van der Waals surface area contributed by atoms with Crippen LogP contribution in [-0.4, -0.2) is 32.3 Å². The van der Waals surface area contributed by atoms with E-state index in [0.29, 0.717) is 6.04 Å². The smallest absolute Gasteiger partial charge is 0.0469 e. The fourth-order valence-corrected chi connectivity index (χ4v) is 1.89. The molecular formula is C10H22N2O. The van der Waals surface area contributed by atoms with Crippen LogP contribution < -0.4 is 11.1 Å². The normalized spacial score (nSPS) is 21.7. The van der Waals surface area contributed by atoms with Crippen LogP contribution in [0.4, 0.5) is 0 Å². The number of ether oxygens (including phenoxy) is 1. The van der Waals surface area contributed by atoms with Crippen molar-refractivity contribution in [1.29, 1.82) is 0 Å². The molecule has 0 aromatic heterocycles. The van der Waals surface area contributed by atoms with Gasteiger partial charge in [-0.2, -0.15) is 0 Å². The molecule has 1 aliphatic heterocycles. The molecule has 0 aromatic carbocycles. The number of nitrogens with two attached hydrogens (primary N) is 1. The summed E-state index contributed by atoms with van der Waals surface area (Å²) in [6, 6.07) is 0.504. The van der Waals surface area contributed by atoms with Gasteiger partial charge in [-0.1, -0.05) is 6.92 Å². The van der Waals surface area contributed by atoms with Gasteiger partial charge in [0, 0.05) is 25.8 Å². The summed E-state index contributed by atoms with van der Waals surface area (Å²) in [7, 11) is 0. The maximum Gasteiger partial charge on any atom is 0.0469 e. The zero-order valence-corrected chi connectivity index (χ0v) is 8.59. The molecule has 1 unspecified atom stereocenters. The molecule has 0 amide bonds. The molecule has 3 nitrogen and oxygen atoms in total. The minimum atomic E-state index is 0.504. The Hall–Kier alpha value is -0.120. The highest BCUT2D eigenvalue weighted by Gasteiger charge is 2.21. The lowest BCUT2D eigenvalue weighted by Crippen LogP contribution is -2.44. The fourth-order valence-electron chi connectivity index (χ4n) is 1.89. The van der Waals surface area contributed by atoms with Gasteiger partial charge in [-0.15, -0.1) is 0 Å². The minimum Gasteiger partial charge on any atom is -0.381 e. The van der Waals surface area contributed by atoms with Crippen LogP contribution in [0.15, 0.2) is 0 Å². The summed E-state index contributed by atoms with van der Waals surface area (Å²) < 4.78 is 5.33. The summed E-state index contributed by atoms with van der Waals surface area (Å²) in [6.07, 6.45) is 3.51. The Morgan fingerprint density at radius 1 is 1.46 bits per heavy atom. The summed E-state index contributed by atoms with van der Waals surface area (Å²) in [6.45, 7) is 5.85. The molecule has 1 saturated heterocycles. The van der Waals surface area contributed by atoms with E-state index in [-0.39, 0.29) is 0 Å². The fraction of sp³-hybridized carbons (Fsp3) is 1.00. The number of nitrogens with one attached hydrogen (secondary N) is 1. The van der Waals surface area contributed by atoms with E-state index >= 15 is 0 Å². The van der Waals surface area contributed by atoms with Crippen LogP contribution in [0.1, 0.15) is 26.2 Å². The van der Waals surface area contributed by atoms with Crippen LogP contribution in [0, 0.1) is 5.92 Å². The van der Waals surface area contributed by atoms with E-state index < -0.39 is 0 Å². The Kier molecular flexibility index (Phi) is 5.35. The van der Waals surface area contributed by atoms with Gasteiger partial charge < -0.3 is 15.8 Å². The lowest BCUT2D eigenvalue weighted by atomic mass is 9.92. The van der Waals surface area contributed by atoms with Crippen molar-refractivity contribution in [1.82, 2.24) is 5.32 Å². The molecule has 0 saturated carbocycles. The van der Waals surface area contributed by atoms with Crippen molar-refractivity contribution < 1.29 is 4.74 Å². The molecule has 0 radical (unpaired) electrons. The number of rotatable bonds is 5. The lowest BCUT2D eigenvalue weighted by Gasteiger charge is -2.30. The minimum absolute atomic E-state index is 0.504. The molecule has 78 valence electrons. The molecule has 0 spiro atoms. The van der Waals surface area contributed by atoms with Gasteiger partial charge in [-0.05, 0) is 31.7 Å². The first kappa shape index (κ1) is 11.0. The van der Waals surface area contributed by atoms with Crippen LogP contribution >= 0.6 is 0 Å². The Labute approximate surface area is 81.0 Å². The molecule has 0 aliphatic carbocycles. The summed E-state index contributed by atoms with van der Waals surface area (Å²) in [5.41, 5.74) is 5.74. The number of hydrogen-bond donors (Lipinski definition) is 2. The van der Waals surface area contributed by atoms with E-state index in [0.717, 1.165) is 32.2 Å². The quantitative estimate of drug-likeness (QED) is 0.666. The van der Waals surface area contributed by atoms with Crippen molar-refractivity contribution in [2.75, 3.05) is 26.3 Å². The first-order chi connectivity index (χ1) is 6.38. The lowest BCUT2D eigenvalue weighted by molar-refractivity contribution is 0.0548. The average Bonchev–Trinajstić information content (AvgIpc) is 2.21. The van der Waals surface area contributed by atoms with Gasteiger partial charge >= 0.3 is 0 Å². The Morgan fingerprint density at radius 3 is 2.69 bits per heavy atom. The third kappa shape index (κ3) is 3.63. The highest BCUT2D eigenvalue weighted by atomic mass is 16.5. The van der Waals surface area contributed by atoms with Crippen molar-refractivity contribution in [2.45, 2.75) is 32.2 Å². The predicted molar refractivity (Wildman–Crippen MR) is 54.7 cm³/mol. The first-order valence-corrected chi connectivity index (χ1v) is 5.39. The van der Waals surface area contributed by atoms with Crippen molar-refractivity contribution >= 4 is 0 Å².